The van der Waals surface area contributed by atoms with E-state index in [1.54, 1.807) is 34.6 Å². The molecule has 0 fully saturated rings. The van der Waals surface area contributed by atoms with Gasteiger partial charge in [0.25, 0.3) is 0 Å². The highest BCUT2D eigenvalue weighted by atomic mass is 32.1. The Kier molecular flexibility index (Phi) is 10.9. The molecular weight excluding hydrogens is 903 g/mol. The lowest BCUT2D eigenvalue weighted by Gasteiger charge is -2.21. The van der Waals surface area contributed by atoms with Crippen LogP contribution in [0.1, 0.15) is 61.2 Å². The summed E-state index contributed by atoms with van der Waals surface area (Å²) in [6, 6.07) is 12.7. The molecule has 0 unspecified atom stereocenters. The molecule has 0 radical (unpaired) electrons. The summed E-state index contributed by atoms with van der Waals surface area (Å²) < 4.78 is 83.6. The van der Waals surface area contributed by atoms with Gasteiger partial charge >= 0.3 is 12.4 Å². The van der Waals surface area contributed by atoms with E-state index in [0.29, 0.717) is 102 Å². The van der Waals surface area contributed by atoms with E-state index < -0.39 is 23.5 Å². The largest absolute Gasteiger partial charge is 0.416 e. The monoisotopic (exact) mass is 940 g/mol. The number of hydrogen-bond donors (Lipinski definition) is 0. The quantitative estimate of drug-likeness (QED) is 0.116. The molecule has 0 aromatic heterocycles. The first-order valence-electron chi connectivity index (χ1n) is 20.6. The SMILES string of the molecule is Cc1c2nc3cc(C(F)(F)F)ccc3sc-2c(CCc2c3nc4cc(N(C)C)ccc4sc-3c(CCc3c4nc5ccc(C(F)(F)F)cc5sc-4c(C)c(=O)c3C)c(=O)c2C)c(=O)c1C. The lowest BCUT2D eigenvalue weighted by Crippen LogP contribution is -2.22. The van der Waals surface area contributed by atoms with E-state index in [2.05, 4.69) is 4.98 Å². The van der Waals surface area contributed by atoms with Gasteiger partial charge in [0.1, 0.15) is 0 Å². The van der Waals surface area contributed by atoms with Gasteiger partial charge in [-0.15, -0.1) is 34.0 Å². The molecule has 3 aliphatic carbocycles. The molecule has 65 heavy (non-hydrogen) atoms. The highest BCUT2D eigenvalue weighted by Crippen LogP contribution is 2.43. The molecule has 0 spiro atoms. The number of hydrogen-bond acceptors (Lipinski definition) is 10. The molecule has 0 bridgehead atoms. The van der Waals surface area contributed by atoms with Gasteiger partial charge in [0.2, 0.25) is 0 Å². The third-order valence-electron chi connectivity index (χ3n) is 12.5. The van der Waals surface area contributed by atoms with Crippen molar-refractivity contribution >= 4 is 70.3 Å². The number of fused-ring (bicyclic) bond motifs is 6. The Labute approximate surface area is 379 Å². The summed E-state index contributed by atoms with van der Waals surface area (Å²) in [5.41, 5.74) is 5.98. The van der Waals surface area contributed by atoms with Crippen LogP contribution in [-0.4, -0.2) is 29.0 Å². The van der Waals surface area contributed by atoms with E-state index in [4.69, 9.17) is 9.97 Å². The van der Waals surface area contributed by atoms with Crippen LogP contribution in [0, 0.1) is 34.6 Å². The van der Waals surface area contributed by atoms with Crippen LogP contribution >= 0.6 is 34.0 Å². The van der Waals surface area contributed by atoms with Crippen LogP contribution in [0.5, 0.6) is 0 Å². The minimum absolute atomic E-state index is 0.178. The van der Waals surface area contributed by atoms with Crippen LogP contribution in [0.3, 0.4) is 0 Å². The van der Waals surface area contributed by atoms with Crippen molar-refractivity contribution in [2.24, 2.45) is 0 Å². The first-order valence-corrected chi connectivity index (χ1v) is 23.0. The fourth-order valence-corrected chi connectivity index (χ4v) is 12.1. The molecule has 3 heterocycles. The van der Waals surface area contributed by atoms with Gasteiger partial charge in [-0.25, -0.2) is 15.0 Å². The van der Waals surface area contributed by atoms with Crippen LogP contribution in [0.25, 0.3) is 62.4 Å². The molecule has 3 aromatic carbocycles. The van der Waals surface area contributed by atoms with Gasteiger partial charge in [0.05, 0.1) is 73.5 Å². The minimum Gasteiger partial charge on any atom is -0.378 e. The third-order valence-corrected chi connectivity index (χ3v) is 16.1. The van der Waals surface area contributed by atoms with Gasteiger partial charge in [-0.2, -0.15) is 26.3 Å². The Hall–Kier alpha value is -5.84. The predicted octanol–water partition coefficient (Wildman–Crippen LogP) is 12.1. The summed E-state index contributed by atoms with van der Waals surface area (Å²) in [4.78, 5) is 60.9. The van der Waals surface area contributed by atoms with Crippen LogP contribution in [0.2, 0.25) is 0 Å². The molecule has 3 aliphatic heterocycles. The van der Waals surface area contributed by atoms with Gasteiger partial charge in [-0.05, 0) is 132 Å². The molecule has 0 saturated heterocycles. The number of benzene rings is 6. The normalized spacial score (nSPS) is 12.5. The van der Waals surface area contributed by atoms with Crippen molar-refractivity contribution < 1.29 is 26.3 Å². The second-order valence-corrected chi connectivity index (χ2v) is 19.8. The summed E-state index contributed by atoms with van der Waals surface area (Å²) in [5, 5.41) is 0. The van der Waals surface area contributed by atoms with E-state index in [0.717, 1.165) is 46.0 Å². The molecular formula is C49H38F6N4O3S3. The van der Waals surface area contributed by atoms with Crippen molar-refractivity contribution in [1.82, 2.24) is 15.0 Å². The molecule has 6 aliphatic rings. The summed E-state index contributed by atoms with van der Waals surface area (Å²) in [5.74, 6) is 0. The Morgan fingerprint density at radius 1 is 0.462 bits per heavy atom. The van der Waals surface area contributed by atoms with E-state index in [9.17, 15) is 40.7 Å². The van der Waals surface area contributed by atoms with Crippen molar-refractivity contribution in [3.63, 3.8) is 0 Å². The van der Waals surface area contributed by atoms with Crippen molar-refractivity contribution in [2.75, 3.05) is 19.0 Å². The topological polar surface area (TPSA) is 93.1 Å². The standard InChI is InChI=1S/C49H38F6N4O3S3/c1-21-22(2)43(61)31(46-39(21)57-34-18-26(48(50,51)52)9-16-36(34)63-46)13-12-30-24(4)44(62)32(47-41(30)58-35-20-28(59(6)7)10-17-37(35)64-47)14-11-29-23(3)42(60)25(5)45-40(29)56-33-15-8-27(49(53,54)55)19-38(33)65-45/h8-10,15-20H,11-14H2,1-7H3. The second kappa shape index (κ2) is 15.9. The van der Waals surface area contributed by atoms with Gasteiger partial charge < -0.3 is 4.90 Å². The Bertz CT molecular complexity index is 3540. The molecule has 9 rings (SSSR count). The summed E-state index contributed by atoms with van der Waals surface area (Å²) >= 11 is 3.73. The van der Waals surface area contributed by atoms with E-state index >= 15 is 0 Å². The molecule has 0 N–H and O–H groups in total. The number of alkyl halides is 6. The van der Waals surface area contributed by atoms with Crippen LogP contribution in [-0.2, 0) is 38.0 Å². The number of halogens is 6. The summed E-state index contributed by atoms with van der Waals surface area (Å²) in [7, 11) is 3.85. The fourth-order valence-electron chi connectivity index (χ4n) is 8.59. The molecule has 16 heteroatoms. The zero-order chi connectivity index (χ0) is 46.6. The first kappa shape index (κ1) is 44.4. The Morgan fingerprint density at radius 2 is 0.923 bits per heavy atom. The molecule has 0 amide bonds. The van der Waals surface area contributed by atoms with E-state index in [1.165, 1.54) is 34.8 Å². The number of nitrogens with zero attached hydrogens (tertiary/aromatic N) is 4. The third kappa shape index (κ3) is 7.62. The number of aromatic nitrogens is 3. The highest BCUT2D eigenvalue weighted by Gasteiger charge is 2.33. The smallest absolute Gasteiger partial charge is 0.378 e. The zero-order valence-electron chi connectivity index (χ0n) is 36.0. The average Bonchev–Trinajstić information content (AvgIpc) is 3.26. The number of anilines is 1. The highest BCUT2D eigenvalue weighted by molar-refractivity contribution is 7.22. The molecule has 0 saturated carbocycles. The van der Waals surface area contributed by atoms with Crippen molar-refractivity contribution in [2.45, 2.75) is 72.7 Å². The van der Waals surface area contributed by atoms with Gasteiger partial charge in [-0.1, -0.05) is 0 Å². The van der Waals surface area contributed by atoms with Crippen molar-refractivity contribution in [3.05, 3.63) is 146 Å². The Balaban J connectivity index is 1.17. The van der Waals surface area contributed by atoms with E-state index in [-0.39, 0.29) is 47.5 Å². The number of rotatable bonds is 7. The average molecular weight is 941 g/mol. The maximum atomic E-state index is 14.8. The second-order valence-electron chi connectivity index (χ2n) is 16.6. The molecule has 7 nitrogen and oxygen atoms in total. The van der Waals surface area contributed by atoms with E-state index in [1.807, 2.05) is 37.2 Å². The maximum Gasteiger partial charge on any atom is 0.416 e. The zero-order valence-corrected chi connectivity index (χ0v) is 38.5. The van der Waals surface area contributed by atoms with Crippen molar-refractivity contribution in [3.8, 4) is 31.7 Å². The molecule has 3 aromatic rings. The van der Waals surface area contributed by atoms with Crippen molar-refractivity contribution in [1.29, 1.82) is 0 Å². The fraction of sp³-hybridized carbons (Fsp3) is 0.265. The van der Waals surface area contributed by atoms with Crippen LogP contribution < -0.4 is 21.2 Å². The molecule has 0 atom stereocenters. The molecule has 332 valence electrons. The van der Waals surface area contributed by atoms with Gasteiger partial charge in [-0.3, -0.25) is 14.4 Å². The van der Waals surface area contributed by atoms with Gasteiger partial charge in [0.15, 0.2) is 16.3 Å². The van der Waals surface area contributed by atoms with Gasteiger partial charge in [0, 0.05) is 53.2 Å². The lowest BCUT2D eigenvalue weighted by atomic mass is 9.89. The lowest BCUT2D eigenvalue weighted by molar-refractivity contribution is -0.138. The van der Waals surface area contributed by atoms with Crippen LogP contribution in [0.4, 0.5) is 32.0 Å². The maximum absolute atomic E-state index is 14.8. The predicted molar refractivity (Wildman–Crippen MR) is 250 cm³/mol. The minimum atomic E-state index is -4.55. The summed E-state index contributed by atoms with van der Waals surface area (Å²) in [6.45, 7) is 8.52. The first-order chi connectivity index (χ1) is 30.6. The van der Waals surface area contributed by atoms with Crippen LogP contribution in [0.15, 0.2) is 69.0 Å². The summed E-state index contributed by atoms with van der Waals surface area (Å²) in [6.07, 6.45) is -8.22. The Morgan fingerprint density at radius 3 is 1.54 bits per heavy atom.